The SMILES string of the molecule is CCOC(=O)CNC(=O)NC(C)CCC(=O)O. The van der Waals surface area contributed by atoms with Crippen molar-refractivity contribution in [2.45, 2.75) is 32.7 Å². The minimum Gasteiger partial charge on any atom is -0.481 e. The largest absolute Gasteiger partial charge is 0.481 e. The lowest BCUT2D eigenvalue weighted by Crippen LogP contribution is -2.43. The number of carboxylic acid groups (broad SMARTS) is 1. The highest BCUT2D eigenvalue weighted by atomic mass is 16.5. The molecule has 0 aromatic heterocycles. The molecular formula is C10H18N2O5. The summed E-state index contributed by atoms with van der Waals surface area (Å²) in [6.07, 6.45) is 0.321. The van der Waals surface area contributed by atoms with Gasteiger partial charge in [-0.05, 0) is 20.3 Å². The van der Waals surface area contributed by atoms with Crippen LogP contribution in [-0.4, -0.2) is 42.3 Å². The summed E-state index contributed by atoms with van der Waals surface area (Å²) in [7, 11) is 0. The first-order chi connectivity index (χ1) is 7.95. The normalized spacial score (nSPS) is 11.4. The van der Waals surface area contributed by atoms with Gasteiger partial charge in [-0.25, -0.2) is 4.79 Å². The molecule has 0 rings (SSSR count). The molecule has 0 aliphatic heterocycles. The van der Waals surface area contributed by atoms with E-state index in [4.69, 9.17) is 5.11 Å². The molecule has 0 aliphatic rings. The number of rotatable bonds is 7. The Morgan fingerprint density at radius 2 is 2.00 bits per heavy atom. The van der Waals surface area contributed by atoms with Gasteiger partial charge in [0.15, 0.2) is 0 Å². The number of carboxylic acids is 1. The molecule has 0 saturated carbocycles. The molecular weight excluding hydrogens is 228 g/mol. The average molecular weight is 246 g/mol. The molecule has 1 atom stereocenters. The molecule has 7 nitrogen and oxygen atoms in total. The van der Waals surface area contributed by atoms with Gasteiger partial charge < -0.3 is 20.5 Å². The maximum atomic E-state index is 11.2. The third-order valence-corrected chi connectivity index (χ3v) is 1.87. The molecule has 1 unspecified atom stereocenters. The second kappa shape index (κ2) is 8.37. The van der Waals surface area contributed by atoms with Gasteiger partial charge >= 0.3 is 18.0 Å². The molecule has 0 aromatic rings. The van der Waals surface area contributed by atoms with Gasteiger partial charge in [0.2, 0.25) is 0 Å². The second-order valence-corrected chi connectivity index (χ2v) is 3.47. The number of aliphatic carboxylic acids is 1. The molecule has 0 aromatic carbocycles. The Morgan fingerprint density at radius 1 is 1.35 bits per heavy atom. The van der Waals surface area contributed by atoms with Gasteiger partial charge in [0.25, 0.3) is 0 Å². The first-order valence-electron chi connectivity index (χ1n) is 5.37. The van der Waals surface area contributed by atoms with E-state index in [-0.39, 0.29) is 25.6 Å². The highest BCUT2D eigenvalue weighted by molar-refractivity contribution is 5.80. The average Bonchev–Trinajstić information content (AvgIpc) is 2.24. The number of carbonyl (C=O) groups is 3. The fraction of sp³-hybridized carbons (Fsp3) is 0.700. The molecule has 0 aliphatic carbocycles. The molecule has 0 heterocycles. The van der Waals surface area contributed by atoms with Crippen molar-refractivity contribution in [3.8, 4) is 0 Å². The summed E-state index contributed by atoms with van der Waals surface area (Å²) in [5.41, 5.74) is 0. The van der Waals surface area contributed by atoms with Gasteiger partial charge in [-0.3, -0.25) is 9.59 Å². The van der Waals surface area contributed by atoms with Crippen molar-refractivity contribution < 1.29 is 24.2 Å². The lowest BCUT2D eigenvalue weighted by Gasteiger charge is -2.13. The van der Waals surface area contributed by atoms with E-state index in [9.17, 15) is 14.4 Å². The Hall–Kier alpha value is -1.79. The number of esters is 1. The summed E-state index contributed by atoms with van der Waals surface area (Å²) in [6, 6.07) is -0.788. The van der Waals surface area contributed by atoms with E-state index in [1.54, 1.807) is 13.8 Å². The van der Waals surface area contributed by atoms with E-state index >= 15 is 0 Å². The maximum Gasteiger partial charge on any atom is 0.325 e. The Balaban J connectivity index is 3.70. The van der Waals surface area contributed by atoms with Crippen molar-refractivity contribution in [1.29, 1.82) is 0 Å². The van der Waals surface area contributed by atoms with Gasteiger partial charge in [-0.1, -0.05) is 0 Å². The highest BCUT2D eigenvalue weighted by Gasteiger charge is 2.10. The second-order valence-electron chi connectivity index (χ2n) is 3.47. The Kier molecular flexibility index (Phi) is 7.49. The van der Waals surface area contributed by atoms with E-state index in [0.29, 0.717) is 6.42 Å². The number of nitrogens with one attached hydrogen (secondary N) is 2. The van der Waals surface area contributed by atoms with Crippen LogP contribution in [0, 0.1) is 0 Å². The van der Waals surface area contributed by atoms with Crippen LogP contribution in [0.25, 0.3) is 0 Å². The van der Waals surface area contributed by atoms with Crippen molar-refractivity contribution >= 4 is 18.0 Å². The van der Waals surface area contributed by atoms with Crippen molar-refractivity contribution in [3.05, 3.63) is 0 Å². The monoisotopic (exact) mass is 246 g/mol. The number of ether oxygens (including phenoxy) is 1. The molecule has 7 heteroatoms. The van der Waals surface area contributed by atoms with Crippen molar-refractivity contribution in [2.24, 2.45) is 0 Å². The summed E-state index contributed by atoms with van der Waals surface area (Å²) >= 11 is 0. The predicted octanol–water partition coefficient (Wildman–Crippen LogP) is 0.102. The van der Waals surface area contributed by atoms with E-state index < -0.39 is 18.0 Å². The smallest absolute Gasteiger partial charge is 0.325 e. The Morgan fingerprint density at radius 3 is 2.53 bits per heavy atom. The molecule has 17 heavy (non-hydrogen) atoms. The van der Waals surface area contributed by atoms with Crippen LogP contribution in [0.1, 0.15) is 26.7 Å². The van der Waals surface area contributed by atoms with Crippen LogP contribution in [0.15, 0.2) is 0 Å². The number of hydrogen-bond donors (Lipinski definition) is 3. The summed E-state index contributed by atoms with van der Waals surface area (Å²) in [4.78, 5) is 32.4. The number of hydrogen-bond acceptors (Lipinski definition) is 4. The van der Waals surface area contributed by atoms with Gasteiger partial charge in [0, 0.05) is 12.5 Å². The number of amides is 2. The zero-order chi connectivity index (χ0) is 13.3. The third-order valence-electron chi connectivity index (χ3n) is 1.87. The fourth-order valence-electron chi connectivity index (χ4n) is 1.05. The van der Waals surface area contributed by atoms with Crippen LogP contribution in [0.3, 0.4) is 0 Å². The molecule has 0 spiro atoms. The van der Waals surface area contributed by atoms with E-state index in [2.05, 4.69) is 15.4 Å². The topological polar surface area (TPSA) is 105 Å². The first-order valence-corrected chi connectivity index (χ1v) is 5.37. The van der Waals surface area contributed by atoms with Crippen LogP contribution in [-0.2, 0) is 14.3 Å². The molecule has 2 amide bonds. The highest BCUT2D eigenvalue weighted by Crippen LogP contribution is 1.95. The molecule has 0 saturated heterocycles. The van der Waals surface area contributed by atoms with Crippen molar-refractivity contribution in [1.82, 2.24) is 10.6 Å². The molecule has 3 N–H and O–H groups in total. The Labute approximate surface area is 99.5 Å². The molecule has 0 bridgehead atoms. The van der Waals surface area contributed by atoms with Gasteiger partial charge in [0.1, 0.15) is 6.54 Å². The fourth-order valence-corrected chi connectivity index (χ4v) is 1.05. The quantitative estimate of drug-likeness (QED) is 0.553. The summed E-state index contributed by atoms with van der Waals surface area (Å²) in [5, 5.41) is 13.3. The lowest BCUT2D eigenvalue weighted by atomic mass is 10.2. The van der Waals surface area contributed by atoms with Gasteiger partial charge in [-0.2, -0.15) is 0 Å². The lowest BCUT2D eigenvalue weighted by molar-refractivity contribution is -0.141. The van der Waals surface area contributed by atoms with Crippen molar-refractivity contribution in [2.75, 3.05) is 13.2 Å². The van der Waals surface area contributed by atoms with Crippen LogP contribution < -0.4 is 10.6 Å². The van der Waals surface area contributed by atoms with E-state index in [1.165, 1.54) is 0 Å². The van der Waals surface area contributed by atoms with Crippen LogP contribution in [0.2, 0.25) is 0 Å². The molecule has 98 valence electrons. The molecule has 0 fully saturated rings. The van der Waals surface area contributed by atoms with Crippen LogP contribution >= 0.6 is 0 Å². The standard InChI is InChI=1S/C10H18N2O5/c1-3-17-9(15)6-11-10(16)12-7(2)4-5-8(13)14/h7H,3-6H2,1-2H3,(H,13,14)(H2,11,12,16). The van der Waals surface area contributed by atoms with Gasteiger partial charge in [-0.15, -0.1) is 0 Å². The first kappa shape index (κ1) is 15.2. The van der Waals surface area contributed by atoms with Crippen LogP contribution in [0.4, 0.5) is 4.79 Å². The zero-order valence-electron chi connectivity index (χ0n) is 9.99. The minimum atomic E-state index is -0.911. The third kappa shape index (κ3) is 9.16. The van der Waals surface area contributed by atoms with E-state index in [0.717, 1.165) is 0 Å². The summed E-state index contributed by atoms with van der Waals surface area (Å²) < 4.78 is 4.62. The predicted molar refractivity (Wildman–Crippen MR) is 59.5 cm³/mol. The van der Waals surface area contributed by atoms with Crippen LogP contribution in [0.5, 0.6) is 0 Å². The maximum absolute atomic E-state index is 11.2. The van der Waals surface area contributed by atoms with Gasteiger partial charge in [0.05, 0.1) is 6.61 Å². The number of carbonyl (C=O) groups excluding carboxylic acids is 2. The minimum absolute atomic E-state index is 0.0146. The number of urea groups is 1. The zero-order valence-corrected chi connectivity index (χ0v) is 9.99. The summed E-state index contributed by atoms with van der Waals surface area (Å²) in [5.74, 6) is -1.42. The Bertz CT molecular complexity index is 280. The van der Waals surface area contributed by atoms with E-state index in [1.807, 2.05) is 0 Å². The summed E-state index contributed by atoms with van der Waals surface area (Å²) in [6.45, 7) is 3.42. The molecule has 0 radical (unpaired) electrons. The van der Waals surface area contributed by atoms with Crippen molar-refractivity contribution in [3.63, 3.8) is 0 Å².